The predicted octanol–water partition coefficient (Wildman–Crippen LogP) is 2.19. The van der Waals surface area contributed by atoms with Crippen molar-refractivity contribution in [3.8, 4) is 5.88 Å². The first-order chi connectivity index (χ1) is 13.2. The molecule has 1 N–H and O–H groups in total. The number of hydrogen-bond acceptors (Lipinski definition) is 6. The van der Waals surface area contributed by atoms with E-state index in [-0.39, 0.29) is 17.7 Å². The summed E-state index contributed by atoms with van der Waals surface area (Å²) in [6.45, 7) is 1.97. The number of methoxy groups -OCH3 is 1. The number of nitrogens with zero attached hydrogens (tertiary/aromatic N) is 2. The molecule has 0 unspecified atom stereocenters. The Hall–Kier alpha value is -2.87. The van der Waals surface area contributed by atoms with E-state index in [1.165, 1.54) is 6.26 Å². The van der Waals surface area contributed by atoms with Gasteiger partial charge in [0.1, 0.15) is 6.61 Å². The van der Waals surface area contributed by atoms with Gasteiger partial charge in [0.2, 0.25) is 11.8 Å². The molecule has 0 spiro atoms. The monoisotopic (exact) mass is 373 g/mol. The molecule has 0 bridgehead atoms. The number of ether oxygens (including phenoxy) is 2. The van der Waals surface area contributed by atoms with E-state index in [1.807, 2.05) is 0 Å². The third-order valence-corrected chi connectivity index (χ3v) is 4.43. The molecule has 3 rings (SSSR count). The molecule has 1 aliphatic rings. The van der Waals surface area contributed by atoms with Crippen molar-refractivity contribution in [2.45, 2.75) is 12.8 Å². The zero-order chi connectivity index (χ0) is 19.1. The van der Waals surface area contributed by atoms with E-state index in [0.717, 1.165) is 0 Å². The maximum atomic E-state index is 12.5. The fourth-order valence-corrected chi connectivity index (χ4v) is 2.91. The molecule has 2 aromatic rings. The van der Waals surface area contributed by atoms with Crippen molar-refractivity contribution in [3.63, 3.8) is 0 Å². The van der Waals surface area contributed by atoms with E-state index < -0.39 is 0 Å². The highest BCUT2D eigenvalue weighted by Crippen LogP contribution is 2.21. The lowest BCUT2D eigenvalue weighted by Gasteiger charge is -2.30. The minimum atomic E-state index is -0.136. The molecule has 2 amide bonds. The van der Waals surface area contributed by atoms with Crippen molar-refractivity contribution in [2.75, 3.05) is 38.7 Å². The number of carbonyl (C=O) groups excluding carboxylic acids is 2. The lowest BCUT2D eigenvalue weighted by Crippen LogP contribution is -2.41. The van der Waals surface area contributed by atoms with Crippen LogP contribution in [0.3, 0.4) is 0 Å². The lowest BCUT2D eigenvalue weighted by molar-refractivity contribution is -0.121. The van der Waals surface area contributed by atoms with Crippen LogP contribution in [-0.2, 0) is 9.53 Å². The molecule has 144 valence electrons. The molecule has 2 aromatic heterocycles. The summed E-state index contributed by atoms with van der Waals surface area (Å²) in [4.78, 5) is 30.6. The van der Waals surface area contributed by atoms with E-state index in [4.69, 9.17) is 13.9 Å². The number of pyridine rings is 1. The largest absolute Gasteiger partial charge is 0.475 e. The fraction of sp³-hybridized carbons (Fsp3) is 0.421. The van der Waals surface area contributed by atoms with Gasteiger partial charge in [-0.05, 0) is 31.0 Å². The smallest absolute Gasteiger partial charge is 0.289 e. The Morgan fingerprint density at radius 2 is 2.07 bits per heavy atom. The van der Waals surface area contributed by atoms with Gasteiger partial charge >= 0.3 is 0 Å². The Morgan fingerprint density at radius 1 is 1.26 bits per heavy atom. The van der Waals surface area contributed by atoms with Gasteiger partial charge in [0.15, 0.2) is 5.76 Å². The van der Waals surface area contributed by atoms with Crippen LogP contribution in [-0.4, -0.2) is 55.1 Å². The zero-order valence-electron chi connectivity index (χ0n) is 15.2. The Bertz CT molecular complexity index is 737. The number of rotatable bonds is 7. The van der Waals surface area contributed by atoms with Crippen LogP contribution >= 0.6 is 0 Å². The van der Waals surface area contributed by atoms with Gasteiger partial charge in [-0.25, -0.2) is 4.98 Å². The van der Waals surface area contributed by atoms with Gasteiger partial charge in [0.05, 0.1) is 24.8 Å². The first-order valence-electron chi connectivity index (χ1n) is 8.89. The number of hydrogen-bond donors (Lipinski definition) is 1. The molecular formula is C19H23N3O5. The minimum Gasteiger partial charge on any atom is -0.475 e. The number of furan rings is 1. The van der Waals surface area contributed by atoms with Crippen LogP contribution in [0.1, 0.15) is 23.4 Å². The molecular weight excluding hydrogens is 350 g/mol. The van der Waals surface area contributed by atoms with Crippen molar-refractivity contribution in [2.24, 2.45) is 5.92 Å². The van der Waals surface area contributed by atoms with E-state index in [9.17, 15) is 9.59 Å². The van der Waals surface area contributed by atoms with Crippen LogP contribution in [0.4, 0.5) is 5.69 Å². The Labute approximate surface area is 157 Å². The lowest BCUT2D eigenvalue weighted by atomic mass is 9.95. The summed E-state index contributed by atoms with van der Waals surface area (Å²) in [5.41, 5.74) is 0.619. The average Bonchev–Trinajstić information content (AvgIpc) is 3.24. The molecule has 8 heteroatoms. The second-order valence-electron chi connectivity index (χ2n) is 6.26. The summed E-state index contributed by atoms with van der Waals surface area (Å²) in [5.74, 6) is 0.483. The van der Waals surface area contributed by atoms with Crippen LogP contribution in [0.15, 0.2) is 41.1 Å². The number of nitrogens with one attached hydrogen (secondary N) is 1. The molecule has 1 saturated heterocycles. The van der Waals surface area contributed by atoms with Crippen molar-refractivity contribution in [1.82, 2.24) is 9.88 Å². The number of amides is 2. The van der Waals surface area contributed by atoms with Gasteiger partial charge in [-0.15, -0.1) is 0 Å². The molecule has 0 radical (unpaired) electrons. The Kier molecular flexibility index (Phi) is 6.43. The van der Waals surface area contributed by atoms with E-state index >= 15 is 0 Å². The molecule has 1 aliphatic heterocycles. The molecule has 0 saturated carbocycles. The number of carbonyl (C=O) groups is 2. The molecule has 3 heterocycles. The normalized spacial score (nSPS) is 14.8. The standard InChI is InChI=1S/C19H23N3O5/c1-25-11-12-27-17-5-4-15(13-20-17)21-18(23)14-6-8-22(9-7-14)19(24)16-3-2-10-26-16/h2-5,10,13-14H,6-9,11-12H2,1H3,(H,21,23). The van der Waals surface area contributed by atoms with Gasteiger partial charge in [-0.1, -0.05) is 0 Å². The van der Waals surface area contributed by atoms with Gasteiger partial charge in [0.25, 0.3) is 5.91 Å². The highest BCUT2D eigenvalue weighted by atomic mass is 16.5. The van der Waals surface area contributed by atoms with Crippen molar-refractivity contribution in [3.05, 3.63) is 42.5 Å². The average molecular weight is 373 g/mol. The molecule has 8 nitrogen and oxygen atoms in total. The van der Waals surface area contributed by atoms with Crippen molar-refractivity contribution >= 4 is 17.5 Å². The summed E-state index contributed by atoms with van der Waals surface area (Å²) in [6.07, 6.45) is 4.28. The summed E-state index contributed by atoms with van der Waals surface area (Å²) >= 11 is 0. The van der Waals surface area contributed by atoms with Gasteiger partial charge < -0.3 is 24.1 Å². The maximum absolute atomic E-state index is 12.5. The van der Waals surface area contributed by atoms with Gasteiger partial charge in [0, 0.05) is 32.2 Å². The SMILES string of the molecule is COCCOc1ccc(NC(=O)C2CCN(C(=O)c3ccco3)CC2)cn1. The van der Waals surface area contributed by atoms with E-state index in [2.05, 4.69) is 10.3 Å². The van der Waals surface area contributed by atoms with E-state index in [1.54, 1.807) is 42.5 Å². The highest BCUT2D eigenvalue weighted by Gasteiger charge is 2.28. The molecule has 27 heavy (non-hydrogen) atoms. The summed E-state index contributed by atoms with van der Waals surface area (Å²) in [7, 11) is 1.60. The topological polar surface area (TPSA) is 93.9 Å². The van der Waals surface area contributed by atoms with Gasteiger partial charge in [-0.2, -0.15) is 0 Å². The summed E-state index contributed by atoms with van der Waals surface area (Å²) < 4.78 is 15.5. The molecule has 0 aliphatic carbocycles. The second-order valence-corrected chi connectivity index (χ2v) is 6.26. The fourth-order valence-electron chi connectivity index (χ4n) is 2.91. The minimum absolute atomic E-state index is 0.0602. The van der Waals surface area contributed by atoms with Crippen LogP contribution < -0.4 is 10.1 Å². The van der Waals surface area contributed by atoms with Crippen molar-refractivity contribution < 1.29 is 23.5 Å². The van der Waals surface area contributed by atoms with Crippen molar-refractivity contribution in [1.29, 1.82) is 0 Å². The predicted molar refractivity (Wildman–Crippen MR) is 97.6 cm³/mol. The number of likely N-dealkylation sites (tertiary alicyclic amines) is 1. The van der Waals surface area contributed by atoms with E-state index in [0.29, 0.717) is 56.5 Å². The number of anilines is 1. The molecule has 1 fully saturated rings. The Balaban J connectivity index is 1.46. The number of piperidine rings is 1. The van der Waals surface area contributed by atoms with Gasteiger partial charge in [-0.3, -0.25) is 9.59 Å². The molecule has 0 atom stereocenters. The first-order valence-corrected chi connectivity index (χ1v) is 8.89. The van der Waals surface area contributed by atoms with Crippen LogP contribution in [0.5, 0.6) is 5.88 Å². The van der Waals surface area contributed by atoms with Crippen LogP contribution in [0.2, 0.25) is 0 Å². The quantitative estimate of drug-likeness (QED) is 0.748. The third-order valence-electron chi connectivity index (χ3n) is 4.43. The maximum Gasteiger partial charge on any atom is 0.289 e. The number of aromatic nitrogens is 1. The summed E-state index contributed by atoms with van der Waals surface area (Å²) in [5, 5.41) is 2.87. The second kappa shape index (κ2) is 9.18. The first kappa shape index (κ1) is 18.9. The summed E-state index contributed by atoms with van der Waals surface area (Å²) in [6, 6.07) is 6.80. The van der Waals surface area contributed by atoms with Crippen LogP contribution in [0.25, 0.3) is 0 Å². The molecule has 0 aromatic carbocycles. The third kappa shape index (κ3) is 5.07. The highest BCUT2D eigenvalue weighted by molar-refractivity contribution is 5.93. The van der Waals surface area contributed by atoms with Crippen LogP contribution in [0, 0.1) is 5.92 Å². The Morgan fingerprint density at radius 3 is 2.70 bits per heavy atom. The zero-order valence-corrected chi connectivity index (χ0v) is 15.2.